The third kappa shape index (κ3) is 5.10. The Bertz CT molecular complexity index is 1240. The van der Waals surface area contributed by atoms with E-state index in [0.717, 1.165) is 48.0 Å². The van der Waals surface area contributed by atoms with E-state index in [4.69, 9.17) is 18.7 Å². The van der Waals surface area contributed by atoms with Gasteiger partial charge in [-0.05, 0) is 73.1 Å². The summed E-state index contributed by atoms with van der Waals surface area (Å²) in [6.45, 7) is 3.87. The lowest BCUT2D eigenvalue weighted by Crippen LogP contribution is -2.52. The van der Waals surface area contributed by atoms with Crippen LogP contribution >= 0.6 is 0 Å². The Kier molecular flexibility index (Phi) is 6.71. The van der Waals surface area contributed by atoms with E-state index in [9.17, 15) is 9.59 Å². The average Bonchev–Trinajstić information content (AvgIpc) is 3.35. The maximum absolute atomic E-state index is 12.5. The molecular weight excluding hydrogens is 462 g/mol. The molecule has 2 fully saturated rings. The topological polar surface area (TPSA) is 103 Å². The average molecular weight is 494 g/mol. The maximum Gasteiger partial charge on any atom is 0.410 e. The van der Waals surface area contributed by atoms with Crippen LogP contribution in [0.4, 0.5) is 4.79 Å². The first-order valence-electron chi connectivity index (χ1n) is 12.4. The third-order valence-electron chi connectivity index (χ3n) is 7.16. The number of nitrogens with one attached hydrogen (secondary N) is 1. The van der Waals surface area contributed by atoms with Crippen LogP contribution in [0, 0.1) is 5.41 Å². The molecular formula is C27H31N3O6. The number of amides is 2. The number of likely N-dealkylation sites (tertiary alicyclic amines) is 1. The summed E-state index contributed by atoms with van der Waals surface area (Å²) in [5.74, 6) is 1.72. The SMILES string of the molecule is CCOc1ccc2ccc(OC3CC4(CCN(C(=O)OCc5cc(C(=O)NC)no5)CC4)C3)cc2c1. The minimum Gasteiger partial charge on any atom is -0.494 e. The fourth-order valence-corrected chi connectivity index (χ4v) is 5.13. The molecule has 1 saturated heterocycles. The zero-order valence-electron chi connectivity index (χ0n) is 20.6. The lowest BCUT2D eigenvalue weighted by Gasteiger charge is -2.51. The summed E-state index contributed by atoms with van der Waals surface area (Å²) >= 11 is 0. The predicted molar refractivity (Wildman–Crippen MR) is 132 cm³/mol. The Morgan fingerprint density at radius 3 is 2.53 bits per heavy atom. The lowest BCUT2D eigenvalue weighted by atomic mass is 9.61. The van der Waals surface area contributed by atoms with Crippen LogP contribution in [0.5, 0.6) is 11.5 Å². The highest BCUT2D eigenvalue weighted by atomic mass is 16.6. The molecule has 3 aromatic rings. The molecule has 1 spiro atoms. The van der Waals surface area contributed by atoms with Crippen molar-refractivity contribution < 1.29 is 28.3 Å². The second-order valence-electron chi connectivity index (χ2n) is 9.55. The summed E-state index contributed by atoms with van der Waals surface area (Å²) in [5.41, 5.74) is 0.387. The van der Waals surface area contributed by atoms with Crippen LogP contribution in [0.3, 0.4) is 0 Å². The number of rotatable bonds is 7. The van der Waals surface area contributed by atoms with Gasteiger partial charge in [-0.2, -0.15) is 0 Å². The predicted octanol–water partition coefficient (Wildman–Crippen LogP) is 4.55. The van der Waals surface area contributed by atoms with Crippen LogP contribution in [-0.2, 0) is 11.3 Å². The van der Waals surface area contributed by atoms with E-state index < -0.39 is 0 Å². The number of benzene rings is 2. The normalized spacial score (nSPS) is 17.0. The van der Waals surface area contributed by atoms with E-state index >= 15 is 0 Å². The standard InChI is InChI=1S/C27H31N3O6/c1-3-33-20-6-4-18-5-7-21(13-19(18)12-20)35-23-15-27(16-23)8-10-30(11-9-27)26(32)34-17-22-14-24(29-36-22)25(31)28-2/h4-7,12-14,23H,3,8-11,15-17H2,1-2H3,(H,28,31). The smallest absolute Gasteiger partial charge is 0.410 e. The van der Waals surface area contributed by atoms with Gasteiger partial charge in [0, 0.05) is 26.2 Å². The summed E-state index contributed by atoms with van der Waals surface area (Å²) in [6, 6.07) is 13.8. The number of hydrogen-bond acceptors (Lipinski definition) is 7. The number of ether oxygens (including phenoxy) is 3. The van der Waals surface area contributed by atoms with Crippen LogP contribution in [0.15, 0.2) is 47.0 Å². The molecule has 1 aliphatic carbocycles. The van der Waals surface area contributed by atoms with Gasteiger partial charge in [0.25, 0.3) is 5.91 Å². The number of carbonyl (C=O) groups is 2. The molecule has 2 aromatic carbocycles. The number of nitrogens with zero attached hydrogens (tertiary/aromatic N) is 2. The van der Waals surface area contributed by atoms with Gasteiger partial charge in [0.15, 0.2) is 18.1 Å². The van der Waals surface area contributed by atoms with Crippen molar-refractivity contribution in [2.75, 3.05) is 26.7 Å². The molecule has 1 aromatic heterocycles. The largest absolute Gasteiger partial charge is 0.494 e. The zero-order valence-corrected chi connectivity index (χ0v) is 20.6. The summed E-state index contributed by atoms with van der Waals surface area (Å²) in [7, 11) is 1.51. The number of aromatic nitrogens is 1. The molecule has 36 heavy (non-hydrogen) atoms. The highest BCUT2D eigenvalue weighted by Crippen LogP contribution is 2.50. The van der Waals surface area contributed by atoms with Gasteiger partial charge in [-0.25, -0.2) is 4.79 Å². The van der Waals surface area contributed by atoms with Gasteiger partial charge in [-0.1, -0.05) is 17.3 Å². The minimum absolute atomic E-state index is 0.0573. The van der Waals surface area contributed by atoms with Crippen LogP contribution in [-0.4, -0.2) is 54.9 Å². The van der Waals surface area contributed by atoms with Crippen LogP contribution in [0.2, 0.25) is 0 Å². The molecule has 0 bridgehead atoms. The zero-order chi connectivity index (χ0) is 25.1. The highest BCUT2D eigenvalue weighted by Gasteiger charge is 2.47. The van der Waals surface area contributed by atoms with E-state index in [-0.39, 0.29) is 35.8 Å². The molecule has 0 radical (unpaired) electrons. The quantitative estimate of drug-likeness (QED) is 0.515. The minimum atomic E-state index is -0.377. The van der Waals surface area contributed by atoms with Crippen molar-refractivity contribution in [3.05, 3.63) is 53.9 Å². The lowest BCUT2D eigenvalue weighted by molar-refractivity contribution is -0.0538. The fourth-order valence-electron chi connectivity index (χ4n) is 5.13. The number of hydrogen-bond donors (Lipinski definition) is 1. The first-order valence-corrected chi connectivity index (χ1v) is 12.4. The number of carbonyl (C=O) groups excluding carboxylic acids is 2. The molecule has 0 atom stereocenters. The van der Waals surface area contributed by atoms with E-state index in [1.807, 2.05) is 25.1 Å². The van der Waals surface area contributed by atoms with Crippen molar-refractivity contribution in [3.63, 3.8) is 0 Å². The summed E-state index contributed by atoms with van der Waals surface area (Å²) in [5, 5.41) is 8.40. The monoisotopic (exact) mass is 493 g/mol. The van der Waals surface area contributed by atoms with Crippen molar-refractivity contribution in [2.45, 2.75) is 45.3 Å². The second-order valence-corrected chi connectivity index (χ2v) is 9.55. The number of fused-ring (bicyclic) bond motifs is 1. The molecule has 1 aliphatic heterocycles. The molecule has 190 valence electrons. The molecule has 2 heterocycles. The van der Waals surface area contributed by atoms with Crippen molar-refractivity contribution in [1.82, 2.24) is 15.4 Å². The van der Waals surface area contributed by atoms with Crippen molar-refractivity contribution >= 4 is 22.8 Å². The van der Waals surface area contributed by atoms with Crippen molar-refractivity contribution in [1.29, 1.82) is 0 Å². The second kappa shape index (κ2) is 10.1. The Morgan fingerprint density at radius 1 is 1.08 bits per heavy atom. The van der Waals surface area contributed by atoms with Crippen LogP contribution in [0.25, 0.3) is 10.8 Å². The summed E-state index contributed by atoms with van der Waals surface area (Å²) in [6.07, 6.45) is 3.66. The first kappa shape index (κ1) is 24.0. The van der Waals surface area contributed by atoms with Gasteiger partial charge in [0.05, 0.1) is 12.7 Å². The molecule has 9 heteroatoms. The Morgan fingerprint density at radius 2 is 1.81 bits per heavy atom. The molecule has 9 nitrogen and oxygen atoms in total. The molecule has 2 amide bonds. The fraction of sp³-hybridized carbons (Fsp3) is 0.444. The van der Waals surface area contributed by atoms with Crippen molar-refractivity contribution in [3.8, 4) is 11.5 Å². The van der Waals surface area contributed by atoms with Crippen LogP contribution in [0.1, 0.15) is 48.9 Å². The molecule has 1 N–H and O–H groups in total. The summed E-state index contributed by atoms with van der Waals surface area (Å²) < 4.78 is 22.3. The first-order chi connectivity index (χ1) is 17.5. The highest BCUT2D eigenvalue weighted by molar-refractivity contribution is 5.91. The maximum atomic E-state index is 12.5. The summed E-state index contributed by atoms with van der Waals surface area (Å²) in [4.78, 5) is 25.8. The van der Waals surface area contributed by atoms with Gasteiger partial charge in [-0.3, -0.25) is 4.79 Å². The van der Waals surface area contributed by atoms with E-state index in [2.05, 4.69) is 28.7 Å². The molecule has 0 unspecified atom stereocenters. The van der Waals surface area contributed by atoms with Gasteiger partial charge < -0.3 is 29.0 Å². The molecule has 5 rings (SSSR count). The number of piperidine rings is 1. The van der Waals surface area contributed by atoms with Gasteiger partial charge in [0.1, 0.15) is 11.5 Å². The Balaban J connectivity index is 1.08. The van der Waals surface area contributed by atoms with E-state index in [0.29, 0.717) is 25.5 Å². The van der Waals surface area contributed by atoms with Crippen LogP contribution < -0.4 is 14.8 Å². The van der Waals surface area contributed by atoms with Gasteiger partial charge in [0.2, 0.25) is 0 Å². The molecule has 1 saturated carbocycles. The molecule has 2 aliphatic rings. The van der Waals surface area contributed by atoms with Gasteiger partial charge in [-0.15, -0.1) is 0 Å². The van der Waals surface area contributed by atoms with Gasteiger partial charge >= 0.3 is 6.09 Å². The Hall–Kier alpha value is -3.75. The van der Waals surface area contributed by atoms with E-state index in [1.54, 1.807) is 4.90 Å². The third-order valence-corrected chi connectivity index (χ3v) is 7.16. The van der Waals surface area contributed by atoms with Crippen molar-refractivity contribution in [2.24, 2.45) is 5.41 Å². The van der Waals surface area contributed by atoms with E-state index in [1.165, 1.54) is 13.1 Å². The Labute approximate surface area is 209 Å².